The van der Waals surface area contributed by atoms with E-state index in [1.54, 1.807) is 0 Å². The van der Waals surface area contributed by atoms with E-state index in [9.17, 15) is 0 Å². The first-order chi connectivity index (χ1) is 10.4. The standard InChI is InChI=1S/C19H17NO/c20-12-15-11-14-7-4-10-18(19(14)21-15)17-9-3-6-13-5-1-2-8-16(13)17/h1-10,15H,11-12,20H2. The van der Waals surface area contributed by atoms with Gasteiger partial charge in [0.2, 0.25) is 0 Å². The molecule has 0 saturated carbocycles. The van der Waals surface area contributed by atoms with Crippen LogP contribution in [0.1, 0.15) is 5.56 Å². The van der Waals surface area contributed by atoms with E-state index in [0.29, 0.717) is 6.54 Å². The van der Waals surface area contributed by atoms with Crippen molar-refractivity contribution < 1.29 is 4.74 Å². The summed E-state index contributed by atoms with van der Waals surface area (Å²) in [6.07, 6.45) is 1.01. The van der Waals surface area contributed by atoms with Crippen molar-refractivity contribution in [2.75, 3.05) is 6.54 Å². The fourth-order valence-electron chi connectivity index (χ4n) is 3.14. The van der Waals surface area contributed by atoms with Crippen LogP contribution in [0.4, 0.5) is 0 Å². The minimum Gasteiger partial charge on any atom is -0.488 e. The predicted octanol–water partition coefficient (Wildman–Crippen LogP) is 3.77. The molecular formula is C19H17NO. The van der Waals surface area contributed by atoms with E-state index in [0.717, 1.165) is 12.2 Å². The van der Waals surface area contributed by atoms with Crippen molar-refractivity contribution in [3.05, 3.63) is 66.2 Å². The summed E-state index contributed by atoms with van der Waals surface area (Å²) >= 11 is 0. The minimum atomic E-state index is 0.108. The van der Waals surface area contributed by atoms with E-state index in [2.05, 4.69) is 60.7 Å². The molecule has 0 bridgehead atoms. The second-order valence-electron chi connectivity index (χ2n) is 5.50. The van der Waals surface area contributed by atoms with Crippen LogP contribution >= 0.6 is 0 Å². The average molecular weight is 275 g/mol. The van der Waals surface area contributed by atoms with Crippen molar-refractivity contribution in [2.45, 2.75) is 12.5 Å². The Morgan fingerprint density at radius 2 is 1.67 bits per heavy atom. The molecule has 3 aromatic carbocycles. The van der Waals surface area contributed by atoms with Crippen LogP contribution in [-0.2, 0) is 6.42 Å². The number of ether oxygens (including phenoxy) is 1. The van der Waals surface area contributed by atoms with Crippen molar-refractivity contribution in [3.63, 3.8) is 0 Å². The summed E-state index contributed by atoms with van der Waals surface area (Å²) in [6.45, 7) is 0.559. The highest BCUT2D eigenvalue weighted by Crippen LogP contribution is 2.40. The van der Waals surface area contributed by atoms with Crippen molar-refractivity contribution in [2.24, 2.45) is 5.73 Å². The maximum Gasteiger partial charge on any atom is 0.130 e. The molecule has 1 aliphatic rings. The molecule has 4 rings (SSSR count). The molecule has 0 fully saturated rings. The quantitative estimate of drug-likeness (QED) is 0.772. The Kier molecular flexibility index (Phi) is 2.90. The molecule has 0 aliphatic carbocycles. The summed E-state index contributed by atoms with van der Waals surface area (Å²) in [7, 11) is 0. The lowest BCUT2D eigenvalue weighted by molar-refractivity contribution is 0.242. The third-order valence-corrected chi connectivity index (χ3v) is 4.17. The zero-order valence-electron chi connectivity index (χ0n) is 11.8. The minimum absolute atomic E-state index is 0.108. The summed E-state index contributed by atoms with van der Waals surface area (Å²) in [4.78, 5) is 0. The summed E-state index contributed by atoms with van der Waals surface area (Å²) in [6, 6.07) is 21.3. The van der Waals surface area contributed by atoms with E-state index in [4.69, 9.17) is 10.5 Å². The van der Waals surface area contributed by atoms with Gasteiger partial charge in [0.1, 0.15) is 11.9 Å². The van der Waals surface area contributed by atoms with E-state index < -0.39 is 0 Å². The van der Waals surface area contributed by atoms with Crippen molar-refractivity contribution in [1.82, 2.24) is 0 Å². The topological polar surface area (TPSA) is 35.2 Å². The summed E-state index contributed by atoms with van der Waals surface area (Å²) in [5.74, 6) is 1.00. The molecule has 1 heterocycles. The average Bonchev–Trinajstić information content (AvgIpc) is 2.97. The van der Waals surface area contributed by atoms with Gasteiger partial charge in [-0.1, -0.05) is 60.7 Å². The van der Waals surface area contributed by atoms with E-state index >= 15 is 0 Å². The Hall–Kier alpha value is -2.32. The maximum atomic E-state index is 6.07. The molecule has 1 atom stereocenters. The number of hydrogen-bond donors (Lipinski definition) is 1. The zero-order valence-corrected chi connectivity index (χ0v) is 11.8. The van der Waals surface area contributed by atoms with Crippen molar-refractivity contribution in [1.29, 1.82) is 0 Å². The molecular weight excluding hydrogens is 258 g/mol. The molecule has 2 nitrogen and oxygen atoms in total. The number of rotatable bonds is 2. The third kappa shape index (κ3) is 1.99. The number of fused-ring (bicyclic) bond motifs is 2. The van der Waals surface area contributed by atoms with Gasteiger partial charge in [-0.2, -0.15) is 0 Å². The zero-order chi connectivity index (χ0) is 14.2. The number of para-hydroxylation sites is 1. The normalized spacial score (nSPS) is 16.7. The van der Waals surface area contributed by atoms with E-state index in [1.807, 2.05) is 0 Å². The van der Waals surface area contributed by atoms with Gasteiger partial charge in [0.25, 0.3) is 0 Å². The molecule has 0 amide bonds. The fourth-order valence-corrected chi connectivity index (χ4v) is 3.14. The lowest BCUT2D eigenvalue weighted by Crippen LogP contribution is -2.24. The van der Waals surface area contributed by atoms with Gasteiger partial charge in [0.15, 0.2) is 0 Å². The highest BCUT2D eigenvalue weighted by Gasteiger charge is 2.24. The molecule has 1 aliphatic heterocycles. The first-order valence-corrected chi connectivity index (χ1v) is 7.33. The highest BCUT2D eigenvalue weighted by atomic mass is 16.5. The molecule has 2 N–H and O–H groups in total. The first-order valence-electron chi connectivity index (χ1n) is 7.33. The van der Waals surface area contributed by atoms with E-state index in [1.165, 1.54) is 27.5 Å². The van der Waals surface area contributed by atoms with Crippen LogP contribution in [-0.4, -0.2) is 12.6 Å². The smallest absolute Gasteiger partial charge is 0.130 e. The van der Waals surface area contributed by atoms with Crippen molar-refractivity contribution >= 4 is 10.8 Å². The highest BCUT2D eigenvalue weighted by molar-refractivity contribution is 5.98. The molecule has 104 valence electrons. The summed E-state index contributed by atoms with van der Waals surface area (Å²) in [5, 5.41) is 2.51. The SMILES string of the molecule is NCC1Cc2cccc(-c3cccc4ccccc34)c2O1. The van der Waals surface area contributed by atoms with Crippen LogP contribution < -0.4 is 10.5 Å². The third-order valence-electron chi connectivity index (χ3n) is 4.17. The Morgan fingerprint density at radius 1 is 0.905 bits per heavy atom. The predicted molar refractivity (Wildman–Crippen MR) is 86.6 cm³/mol. The van der Waals surface area contributed by atoms with Gasteiger partial charge in [0.05, 0.1) is 0 Å². The van der Waals surface area contributed by atoms with Crippen LogP contribution in [0.15, 0.2) is 60.7 Å². The lowest BCUT2D eigenvalue weighted by atomic mass is 9.96. The van der Waals surface area contributed by atoms with Gasteiger partial charge in [-0.05, 0) is 21.9 Å². The van der Waals surface area contributed by atoms with Gasteiger partial charge < -0.3 is 10.5 Å². The molecule has 0 radical (unpaired) electrons. The molecule has 3 aromatic rings. The molecule has 0 saturated heterocycles. The Morgan fingerprint density at radius 3 is 2.57 bits per heavy atom. The Labute approximate surface area is 124 Å². The van der Waals surface area contributed by atoms with Gasteiger partial charge >= 0.3 is 0 Å². The van der Waals surface area contributed by atoms with Crippen LogP contribution in [0.25, 0.3) is 21.9 Å². The van der Waals surface area contributed by atoms with Gasteiger partial charge in [-0.3, -0.25) is 0 Å². The maximum absolute atomic E-state index is 6.07. The second-order valence-corrected chi connectivity index (χ2v) is 5.50. The molecule has 0 aromatic heterocycles. The Bertz CT molecular complexity index is 804. The Balaban J connectivity index is 1.93. The molecule has 21 heavy (non-hydrogen) atoms. The van der Waals surface area contributed by atoms with E-state index in [-0.39, 0.29) is 6.10 Å². The number of benzene rings is 3. The lowest BCUT2D eigenvalue weighted by Gasteiger charge is -2.12. The molecule has 0 spiro atoms. The van der Waals surface area contributed by atoms with Gasteiger partial charge in [-0.25, -0.2) is 0 Å². The van der Waals surface area contributed by atoms with Gasteiger partial charge in [0, 0.05) is 18.5 Å². The second kappa shape index (κ2) is 4.90. The molecule has 1 unspecified atom stereocenters. The largest absolute Gasteiger partial charge is 0.488 e. The number of nitrogens with two attached hydrogens (primary N) is 1. The fraction of sp³-hybridized carbons (Fsp3) is 0.158. The van der Waals surface area contributed by atoms with Crippen LogP contribution in [0.5, 0.6) is 5.75 Å². The summed E-state index contributed by atoms with van der Waals surface area (Å²) in [5.41, 5.74) is 9.42. The first kappa shape index (κ1) is 12.4. The van der Waals surface area contributed by atoms with Crippen LogP contribution in [0.2, 0.25) is 0 Å². The monoisotopic (exact) mass is 275 g/mol. The number of hydrogen-bond acceptors (Lipinski definition) is 2. The van der Waals surface area contributed by atoms with Gasteiger partial charge in [-0.15, -0.1) is 0 Å². The summed E-state index contributed by atoms with van der Waals surface area (Å²) < 4.78 is 6.07. The molecule has 2 heteroatoms. The van der Waals surface area contributed by atoms with Crippen LogP contribution in [0.3, 0.4) is 0 Å². The van der Waals surface area contributed by atoms with Crippen LogP contribution in [0, 0.1) is 0 Å². The van der Waals surface area contributed by atoms with Crippen molar-refractivity contribution in [3.8, 4) is 16.9 Å².